The minimum atomic E-state index is -3.59. The fourth-order valence-electron chi connectivity index (χ4n) is 1.07. The van der Waals surface area contributed by atoms with Crippen LogP contribution in [0.25, 0.3) is 0 Å². The summed E-state index contributed by atoms with van der Waals surface area (Å²) in [5.41, 5.74) is 0.479. The molecule has 5 heteroatoms. The monoisotopic (exact) mass is 236 g/mol. The van der Waals surface area contributed by atoms with Crippen LogP contribution < -0.4 is 0 Å². The molecule has 0 N–H and O–H groups in total. The lowest BCUT2D eigenvalue weighted by Crippen LogP contribution is -2.01. The molecule has 2 nitrogen and oxygen atoms in total. The smallest absolute Gasteiger partial charge is 0.232 e. The van der Waals surface area contributed by atoms with Crippen molar-refractivity contribution in [1.82, 2.24) is 0 Å². The summed E-state index contributed by atoms with van der Waals surface area (Å²) in [6.07, 6.45) is -1.37. The molecule has 0 aliphatic rings. The van der Waals surface area contributed by atoms with Crippen molar-refractivity contribution in [3.05, 3.63) is 35.9 Å². The van der Waals surface area contributed by atoms with E-state index in [1.807, 2.05) is 0 Å². The first-order valence-electron chi connectivity index (χ1n) is 4.10. The van der Waals surface area contributed by atoms with E-state index >= 15 is 0 Å². The standard InChI is InChI=1S/C9H10ClFO2S/c10-14(12,13)7-6-9(11)8-4-2-1-3-5-8/h1-5,9H,6-7H2. The van der Waals surface area contributed by atoms with Crippen LogP contribution in [0.5, 0.6) is 0 Å². The lowest BCUT2D eigenvalue weighted by Gasteiger charge is -2.06. The average molecular weight is 237 g/mol. The Balaban J connectivity index is 2.56. The van der Waals surface area contributed by atoms with E-state index < -0.39 is 15.2 Å². The van der Waals surface area contributed by atoms with Crippen LogP contribution in [-0.2, 0) is 9.05 Å². The van der Waals surface area contributed by atoms with Gasteiger partial charge in [0.25, 0.3) is 0 Å². The second-order valence-corrected chi connectivity index (χ2v) is 5.81. The van der Waals surface area contributed by atoms with E-state index in [1.165, 1.54) is 0 Å². The summed E-state index contributed by atoms with van der Waals surface area (Å²) in [4.78, 5) is 0. The molecule has 1 aromatic carbocycles. The Morgan fingerprint density at radius 1 is 1.29 bits per heavy atom. The molecule has 0 fully saturated rings. The molecule has 0 aromatic heterocycles. The summed E-state index contributed by atoms with van der Waals surface area (Å²) in [7, 11) is 1.38. The van der Waals surface area contributed by atoms with Crippen LogP contribution in [-0.4, -0.2) is 14.2 Å². The van der Waals surface area contributed by atoms with Crippen molar-refractivity contribution in [2.24, 2.45) is 0 Å². The van der Waals surface area contributed by atoms with E-state index in [1.54, 1.807) is 30.3 Å². The van der Waals surface area contributed by atoms with Gasteiger partial charge in [-0.15, -0.1) is 0 Å². The number of benzene rings is 1. The maximum atomic E-state index is 13.3. The van der Waals surface area contributed by atoms with E-state index in [0.717, 1.165) is 0 Å². The van der Waals surface area contributed by atoms with Gasteiger partial charge in [0, 0.05) is 10.7 Å². The highest BCUT2D eigenvalue weighted by Gasteiger charge is 2.13. The number of rotatable bonds is 4. The third-order valence-electron chi connectivity index (χ3n) is 1.78. The van der Waals surface area contributed by atoms with E-state index in [0.29, 0.717) is 5.56 Å². The van der Waals surface area contributed by atoms with E-state index in [9.17, 15) is 12.8 Å². The fourth-order valence-corrected chi connectivity index (χ4v) is 1.83. The Morgan fingerprint density at radius 2 is 1.86 bits per heavy atom. The van der Waals surface area contributed by atoms with Crippen LogP contribution in [0.2, 0.25) is 0 Å². The van der Waals surface area contributed by atoms with Gasteiger partial charge in [0.05, 0.1) is 5.75 Å². The molecular weight excluding hydrogens is 227 g/mol. The van der Waals surface area contributed by atoms with E-state index in [2.05, 4.69) is 0 Å². The second kappa shape index (κ2) is 4.75. The predicted molar refractivity (Wildman–Crippen MR) is 54.5 cm³/mol. The zero-order valence-corrected chi connectivity index (χ0v) is 8.93. The molecule has 0 saturated carbocycles. The molecule has 0 aliphatic heterocycles. The van der Waals surface area contributed by atoms with Crippen LogP contribution in [0.3, 0.4) is 0 Å². The molecule has 0 heterocycles. The zero-order valence-electron chi connectivity index (χ0n) is 7.36. The molecule has 0 spiro atoms. The highest BCUT2D eigenvalue weighted by Crippen LogP contribution is 2.21. The van der Waals surface area contributed by atoms with Crippen LogP contribution in [0.1, 0.15) is 18.2 Å². The Bertz CT molecular complexity index is 377. The molecule has 1 rings (SSSR count). The van der Waals surface area contributed by atoms with Crippen LogP contribution >= 0.6 is 10.7 Å². The van der Waals surface area contributed by atoms with Gasteiger partial charge in [-0.1, -0.05) is 30.3 Å². The largest absolute Gasteiger partial charge is 0.242 e. The van der Waals surface area contributed by atoms with Crippen LogP contribution in [0.4, 0.5) is 4.39 Å². The first kappa shape index (κ1) is 11.5. The summed E-state index contributed by atoms with van der Waals surface area (Å²) in [6, 6.07) is 8.42. The highest BCUT2D eigenvalue weighted by atomic mass is 35.7. The summed E-state index contributed by atoms with van der Waals surface area (Å²) < 4.78 is 34.5. The summed E-state index contributed by atoms with van der Waals surface area (Å²) in [6.45, 7) is 0. The highest BCUT2D eigenvalue weighted by molar-refractivity contribution is 8.13. The predicted octanol–water partition coefficient (Wildman–Crippen LogP) is 2.66. The summed E-state index contributed by atoms with van der Waals surface area (Å²) in [5, 5.41) is 0. The maximum Gasteiger partial charge on any atom is 0.232 e. The van der Waals surface area contributed by atoms with Crippen molar-refractivity contribution in [2.45, 2.75) is 12.6 Å². The molecule has 0 saturated heterocycles. The molecule has 1 atom stereocenters. The number of hydrogen-bond donors (Lipinski definition) is 0. The minimum absolute atomic E-state index is 0.101. The van der Waals surface area contributed by atoms with Gasteiger partial charge in [0.15, 0.2) is 0 Å². The van der Waals surface area contributed by atoms with Gasteiger partial charge < -0.3 is 0 Å². The SMILES string of the molecule is O=S(=O)(Cl)CCC(F)c1ccccc1. The number of hydrogen-bond acceptors (Lipinski definition) is 2. The minimum Gasteiger partial charge on any atom is -0.242 e. The van der Waals surface area contributed by atoms with Crippen molar-refractivity contribution in [3.63, 3.8) is 0 Å². The Hall–Kier alpha value is -0.610. The van der Waals surface area contributed by atoms with Gasteiger partial charge in [-0.05, 0) is 12.0 Å². The molecule has 1 aromatic rings. The third-order valence-corrected chi connectivity index (χ3v) is 2.96. The zero-order chi connectivity index (χ0) is 10.6. The van der Waals surface area contributed by atoms with E-state index in [4.69, 9.17) is 10.7 Å². The van der Waals surface area contributed by atoms with Crippen molar-refractivity contribution >= 4 is 19.7 Å². The Kier molecular flexibility index (Phi) is 3.89. The topological polar surface area (TPSA) is 34.1 Å². The number of halogens is 2. The second-order valence-electron chi connectivity index (χ2n) is 2.91. The first-order valence-corrected chi connectivity index (χ1v) is 6.58. The molecule has 14 heavy (non-hydrogen) atoms. The lowest BCUT2D eigenvalue weighted by molar-refractivity contribution is 0.335. The van der Waals surface area contributed by atoms with Crippen LogP contribution in [0, 0.1) is 0 Å². The lowest BCUT2D eigenvalue weighted by atomic mass is 10.1. The molecule has 0 aliphatic carbocycles. The fraction of sp³-hybridized carbons (Fsp3) is 0.333. The van der Waals surface area contributed by atoms with Gasteiger partial charge in [-0.25, -0.2) is 12.8 Å². The molecule has 0 amide bonds. The van der Waals surface area contributed by atoms with Gasteiger partial charge in [0.1, 0.15) is 6.17 Å². The average Bonchev–Trinajstić information content (AvgIpc) is 2.14. The number of alkyl halides is 1. The van der Waals surface area contributed by atoms with Crippen molar-refractivity contribution in [1.29, 1.82) is 0 Å². The third kappa shape index (κ3) is 4.07. The quantitative estimate of drug-likeness (QED) is 0.754. The summed E-state index contributed by atoms with van der Waals surface area (Å²) in [5.74, 6) is -0.343. The Morgan fingerprint density at radius 3 is 2.36 bits per heavy atom. The van der Waals surface area contributed by atoms with Crippen molar-refractivity contribution in [3.8, 4) is 0 Å². The molecule has 0 bridgehead atoms. The van der Waals surface area contributed by atoms with Crippen molar-refractivity contribution in [2.75, 3.05) is 5.75 Å². The molecule has 1 unspecified atom stereocenters. The molecule has 78 valence electrons. The van der Waals surface area contributed by atoms with Crippen molar-refractivity contribution < 1.29 is 12.8 Å². The summed E-state index contributed by atoms with van der Waals surface area (Å²) >= 11 is 0. The maximum absolute atomic E-state index is 13.3. The normalized spacial score (nSPS) is 13.9. The van der Waals surface area contributed by atoms with Gasteiger partial charge in [0.2, 0.25) is 9.05 Å². The van der Waals surface area contributed by atoms with Gasteiger partial charge >= 0.3 is 0 Å². The van der Waals surface area contributed by atoms with Gasteiger partial charge in [-0.3, -0.25) is 0 Å². The van der Waals surface area contributed by atoms with Crippen LogP contribution in [0.15, 0.2) is 30.3 Å². The first-order chi connectivity index (χ1) is 6.49. The van der Waals surface area contributed by atoms with Gasteiger partial charge in [-0.2, -0.15) is 0 Å². The van der Waals surface area contributed by atoms with E-state index in [-0.39, 0.29) is 12.2 Å². The Labute approximate surface area is 87.1 Å². The molecule has 0 radical (unpaired) electrons. The molecular formula is C9H10ClFO2S.